The van der Waals surface area contributed by atoms with Crippen LogP contribution in [-0.2, 0) is 9.53 Å². The molecule has 0 radical (unpaired) electrons. The van der Waals surface area contributed by atoms with Crippen LogP contribution in [0, 0.1) is 0 Å². The highest BCUT2D eigenvalue weighted by Crippen LogP contribution is 2.31. The SMILES string of the molecule is CC(C)c1nc(N2CCN(C3CCNCC3)CC2)sc1C(=O)NCCC(=O)OC(C)(C)C. The van der Waals surface area contributed by atoms with Crippen LogP contribution < -0.4 is 15.5 Å². The number of nitrogens with zero attached hydrogens (tertiary/aromatic N) is 3. The molecule has 2 N–H and O–H groups in total. The molecule has 0 saturated carbocycles. The normalized spacial score (nSPS) is 18.8. The molecule has 32 heavy (non-hydrogen) atoms. The Balaban J connectivity index is 1.56. The van der Waals surface area contributed by atoms with E-state index in [1.165, 1.54) is 24.2 Å². The quantitative estimate of drug-likeness (QED) is 0.599. The zero-order valence-electron chi connectivity index (χ0n) is 20.2. The fraction of sp³-hybridized carbons (Fsp3) is 0.783. The van der Waals surface area contributed by atoms with Crippen LogP contribution in [0.3, 0.4) is 0 Å². The lowest BCUT2D eigenvalue weighted by atomic mass is 10.0. The number of ether oxygens (including phenoxy) is 1. The molecule has 1 amide bonds. The van der Waals surface area contributed by atoms with Gasteiger partial charge in [-0.25, -0.2) is 4.98 Å². The lowest BCUT2D eigenvalue weighted by Crippen LogP contribution is -2.52. The van der Waals surface area contributed by atoms with Crippen LogP contribution in [0.4, 0.5) is 5.13 Å². The first-order chi connectivity index (χ1) is 15.1. The van der Waals surface area contributed by atoms with Crippen molar-refractivity contribution in [2.75, 3.05) is 50.7 Å². The summed E-state index contributed by atoms with van der Waals surface area (Å²) in [4.78, 5) is 35.2. The predicted molar refractivity (Wildman–Crippen MR) is 129 cm³/mol. The van der Waals surface area contributed by atoms with Crippen molar-refractivity contribution in [3.05, 3.63) is 10.6 Å². The molecule has 1 aromatic rings. The summed E-state index contributed by atoms with van der Waals surface area (Å²) in [7, 11) is 0. The molecule has 0 atom stereocenters. The number of thiazole rings is 1. The highest BCUT2D eigenvalue weighted by atomic mass is 32.1. The number of nitrogens with one attached hydrogen (secondary N) is 2. The summed E-state index contributed by atoms with van der Waals surface area (Å²) in [5.41, 5.74) is 0.316. The second-order valence-corrected chi connectivity index (χ2v) is 10.9. The average Bonchev–Trinajstić information content (AvgIpc) is 3.19. The Morgan fingerprint density at radius 3 is 2.44 bits per heavy atom. The number of esters is 1. The summed E-state index contributed by atoms with van der Waals surface area (Å²) in [6, 6.07) is 0.687. The van der Waals surface area contributed by atoms with Gasteiger partial charge in [-0.3, -0.25) is 14.5 Å². The van der Waals surface area contributed by atoms with Crippen molar-refractivity contribution in [3.8, 4) is 0 Å². The fourth-order valence-corrected chi connectivity index (χ4v) is 5.40. The third-order valence-electron chi connectivity index (χ3n) is 5.84. The summed E-state index contributed by atoms with van der Waals surface area (Å²) < 4.78 is 5.31. The number of piperazine rings is 1. The molecule has 2 fully saturated rings. The van der Waals surface area contributed by atoms with Gasteiger partial charge in [-0.2, -0.15) is 0 Å². The molecule has 3 heterocycles. The highest BCUT2D eigenvalue weighted by molar-refractivity contribution is 7.17. The molecule has 0 spiro atoms. The van der Waals surface area contributed by atoms with Gasteiger partial charge in [-0.05, 0) is 52.6 Å². The minimum atomic E-state index is -0.517. The van der Waals surface area contributed by atoms with E-state index in [0.29, 0.717) is 10.9 Å². The van der Waals surface area contributed by atoms with Crippen LogP contribution in [0.1, 0.15) is 75.2 Å². The number of piperidine rings is 1. The van der Waals surface area contributed by atoms with Crippen molar-refractivity contribution >= 4 is 28.3 Å². The molecule has 3 rings (SSSR count). The third-order valence-corrected chi connectivity index (χ3v) is 6.97. The predicted octanol–water partition coefficient (Wildman–Crippen LogP) is 2.60. The van der Waals surface area contributed by atoms with Gasteiger partial charge in [-0.15, -0.1) is 0 Å². The van der Waals surface area contributed by atoms with Gasteiger partial charge < -0.3 is 20.3 Å². The lowest BCUT2D eigenvalue weighted by Gasteiger charge is -2.40. The molecule has 2 aliphatic rings. The zero-order valence-corrected chi connectivity index (χ0v) is 21.0. The number of anilines is 1. The van der Waals surface area contributed by atoms with Crippen LogP contribution in [0.15, 0.2) is 0 Å². The molecule has 8 nitrogen and oxygen atoms in total. The number of hydrogen-bond acceptors (Lipinski definition) is 8. The minimum Gasteiger partial charge on any atom is -0.460 e. The standard InChI is InChI=1S/C23H39N5O3S/c1-16(2)19-20(21(30)25-11-8-18(29)31-23(3,4)5)32-22(26-19)28-14-12-27(13-15-28)17-6-9-24-10-7-17/h16-17,24H,6-15H2,1-5H3,(H,25,30). The highest BCUT2D eigenvalue weighted by Gasteiger charge is 2.28. The topological polar surface area (TPSA) is 86.8 Å². The van der Waals surface area contributed by atoms with Gasteiger partial charge in [0, 0.05) is 38.8 Å². The first-order valence-corrected chi connectivity index (χ1v) is 12.7. The maximum atomic E-state index is 12.9. The van der Waals surface area contributed by atoms with E-state index in [1.54, 1.807) is 0 Å². The Morgan fingerprint density at radius 1 is 1.19 bits per heavy atom. The Bertz CT molecular complexity index is 775. The van der Waals surface area contributed by atoms with Crippen molar-refractivity contribution in [3.63, 3.8) is 0 Å². The lowest BCUT2D eigenvalue weighted by molar-refractivity contribution is -0.154. The molecule has 0 unspecified atom stereocenters. The van der Waals surface area contributed by atoms with Gasteiger partial charge in [-0.1, -0.05) is 25.2 Å². The molecule has 0 aliphatic carbocycles. The van der Waals surface area contributed by atoms with E-state index in [-0.39, 0.29) is 30.8 Å². The van der Waals surface area contributed by atoms with E-state index < -0.39 is 5.60 Å². The molecule has 2 aliphatic heterocycles. The van der Waals surface area contributed by atoms with Gasteiger partial charge in [0.1, 0.15) is 10.5 Å². The Kier molecular flexibility index (Phi) is 8.52. The summed E-state index contributed by atoms with van der Waals surface area (Å²) in [5, 5.41) is 7.24. The van der Waals surface area contributed by atoms with Crippen LogP contribution in [0.2, 0.25) is 0 Å². The first-order valence-electron chi connectivity index (χ1n) is 11.8. The summed E-state index contributed by atoms with van der Waals surface area (Å²) in [5.74, 6) is -0.310. The summed E-state index contributed by atoms with van der Waals surface area (Å²) >= 11 is 1.47. The van der Waals surface area contributed by atoms with Gasteiger partial charge in [0.15, 0.2) is 5.13 Å². The van der Waals surface area contributed by atoms with E-state index in [9.17, 15) is 9.59 Å². The molecule has 1 aromatic heterocycles. The van der Waals surface area contributed by atoms with Gasteiger partial charge in [0.05, 0.1) is 12.1 Å². The monoisotopic (exact) mass is 465 g/mol. The van der Waals surface area contributed by atoms with Crippen LogP contribution in [0.25, 0.3) is 0 Å². The maximum Gasteiger partial charge on any atom is 0.308 e. The number of hydrogen-bond donors (Lipinski definition) is 2. The maximum absolute atomic E-state index is 12.9. The van der Waals surface area contributed by atoms with Gasteiger partial charge >= 0.3 is 5.97 Å². The van der Waals surface area contributed by atoms with Crippen molar-refractivity contribution < 1.29 is 14.3 Å². The van der Waals surface area contributed by atoms with E-state index in [4.69, 9.17) is 9.72 Å². The Labute approximate surface area is 196 Å². The smallest absolute Gasteiger partial charge is 0.308 e. The number of carbonyl (C=O) groups excluding carboxylic acids is 2. The third kappa shape index (κ3) is 6.89. The molecular weight excluding hydrogens is 426 g/mol. The second kappa shape index (κ2) is 10.9. The second-order valence-electron chi connectivity index (χ2n) is 9.96. The Hall–Kier alpha value is -1.71. The first kappa shape index (κ1) is 24.9. The number of aromatic nitrogens is 1. The average molecular weight is 466 g/mol. The zero-order chi connectivity index (χ0) is 23.3. The van der Waals surface area contributed by atoms with Crippen LogP contribution in [-0.4, -0.2) is 79.2 Å². The van der Waals surface area contributed by atoms with E-state index in [2.05, 4.69) is 34.3 Å². The van der Waals surface area contributed by atoms with Crippen LogP contribution in [0.5, 0.6) is 0 Å². The summed E-state index contributed by atoms with van der Waals surface area (Å²) in [6.07, 6.45) is 2.61. The fourth-order valence-electron chi connectivity index (χ4n) is 4.21. The number of carbonyl (C=O) groups is 2. The van der Waals surface area contributed by atoms with Gasteiger partial charge in [0.2, 0.25) is 0 Å². The van der Waals surface area contributed by atoms with Crippen LogP contribution >= 0.6 is 11.3 Å². The Morgan fingerprint density at radius 2 is 1.84 bits per heavy atom. The van der Waals surface area contributed by atoms with Crippen molar-refractivity contribution in [1.29, 1.82) is 0 Å². The number of rotatable bonds is 7. The molecule has 2 saturated heterocycles. The molecule has 9 heteroatoms. The van der Waals surface area contributed by atoms with Gasteiger partial charge in [0.25, 0.3) is 5.91 Å². The number of amides is 1. The molecule has 0 aromatic carbocycles. The van der Waals surface area contributed by atoms with Crippen molar-refractivity contribution in [2.45, 2.75) is 71.4 Å². The van der Waals surface area contributed by atoms with E-state index in [0.717, 1.165) is 50.1 Å². The van der Waals surface area contributed by atoms with E-state index in [1.807, 2.05) is 20.8 Å². The van der Waals surface area contributed by atoms with Crippen molar-refractivity contribution in [2.24, 2.45) is 0 Å². The largest absolute Gasteiger partial charge is 0.460 e. The summed E-state index contributed by atoms with van der Waals surface area (Å²) in [6.45, 7) is 16.1. The van der Waals surface area contributed by atoms with E-state index >= 15 is 0 Å². The molecule has 180 valence electrons. The van der Waals surface area contributed by atoms with Crippen molar-refractivity contribution in [1.82, 2.24) is 20.5 Å². The molecule has 0 bridgehead atoms. The minimum absolute atomic E-state index is 0.155. The molecular formula is C23H39N5O3S.